The van der Waals surface area contributed by atoms with Crippen molar-refractivity contribution in [1.29, 1.82) is 0 Å². The fourth-order valence-corrected chi connectivity index (χ4v) is 1.44. The maximum atomic E-state index is 4.12. The molecule has 0 saturated heterocycles. The van der Waals surface area contributed by atoms with Gasteiger partial charge in [0, 0.05) is 31.0 Å². The van der Waals surface area contributed by atoms with E-state index in [1.165, 1.54) is 11.1 Å². The summed E-state index contributed by atoms with van der Waals surface area (Å²) in [5, 5.41) is 7.47. The third-order valence-electron chi connectivity index (χ3n) is 2.31. The maximum absolute atomic E-state index is 4.12. The molecular weight excluding hydrogens is 186 g/mol. The molecule has 1 N–H and O–H groups in total. The van der Waals surface area contributed by atoms with Gasteiger partial charge in [0.05, 0.1) is 6.20 Å². The van der Waals surface area contributed by atoms with Crippen molar-refractivity contribution in [3.05, 3.63) is 47.8 Å². The Morgan fingerprint density at radius 1 is 1.27 bits per heavy atom. The first-order chi connectivity index (χ1) is 7.24. The number of nitrogens with zero attached hydrogens (tertiary/aromatic N) is 2. The van der Waals surface area contributed by atoms with E-state index in [2.05, 4.69) is 41.6 Å². The second-order valence-corrected chi connectivity index (χ2v) is 3.74. The third kappa shape index (κ3) is 2.59. The van der Waals surface area contributed by atoms with Crippen molar-refractivity contribution in [2.75, 3.05) is 5.32 Å². The Hall–Kier alpha value is -1.77. The molecule has 0 unspecified atom stereocenters. The highest BCUT2D eigenvalue weighted by Gasteiger charge is 1.95. The molecule has 0 atom stereocenters. The second-order valence-electron chi connectivity index (χ2n) is 3.74. The summed E-state index contributed by atoms with van der Waals surface area (Å²) in [4.78, 5) is 0. The maximum Gasteiger partial charge on any atom is 0.0539 e. The van der Waals surface area contributed by atoms with Crippen LogP contribution in [0.3, 0.4) is 0 Å². The summed E-state index contributed by atoms with van der Waals surface area (Å²) in [5.74, 6) is 0. The van der Waals surface area contributed by atoms with E-state index in [0.717, 1.165) is 12.2 Å². The molecule has 0 radical (unpaired) electrons. The third-order valence-corrected chi connectivity index (χ3v) is 2.31. The smallest absolute Gasteiger partial charge is 0.0539 e. The number of aromatic nitrogens is 2. The molecule has 15 heavy (non-hydrogen) atoms. The zero-order valence-electron chi connectivity index (χ0n) is 9.07. The molecule has 3 heteroatoms. The van der Waals surface area contributed by atoms with Crippen LogP contribution in [-0.4, -0.2) is 9.78 Å². The Labute approximate surface area is 89.7 Å². The average Bonchev–Trinajstić information content (AvgIpc) is 2.64. The molecule has 0 amide bonds. The lowest BCUT2D eigenvalue weighted by molar-refractivity contribution is 0.767. The van der Waals surface area contributed by atoms with Gasteiger partial charge in [-0.3, -0.25) is 4.68 Å². The van der Waals surface area contributed by atoms with Crippen molar-refractivity contribution in [3.8, 4) is 0 Å². The highest BCUT2D eigenvalue weighted by atomic mass is 15.2. The Kier molecular flexibility index (Phi) is 2.72. The Balaban J connectivity index is 1.96. The fourth-order valence-electron chi connectivity index (χ4n) is 1.44. The number of benzene rings is 1. The van der Waals surface area contributed by atoms with E-state index in [4.69, 9.17) is 0 Å². The number of hydrogen-bond donors (Lipinski definition) is 1. The van der Waals surface area contributed by atoms with Crippen molar-refractivity contribution in [2.45, 2.75) is 13.5 Å². The number of anilines is 1. The second kappa shape index (κ2) is 4.17. The average molecular weight is 201 g/mol. The van der Waals surface area contributed by atoms with E-state index in [1.54, 1.807) is 0 Å². The first-order valence-electron chi connectivity index (χ1n) is 5.02. The molecule has 0 spiro atoms. The Morgan fingerprint density at radius 2 is 2.00 bits per heavy atom. The van der Waals surface area contributed by atoms with E-state index in [0.29, 0.717) is 0 Å². The topological polar surface area (TPSA) is 29.9 Å². The summed E-state index contributed by atoms with van der Waals surface area (Å²) in [6, 6.07) is 8.38. The number of hydrogen-bond acceptors (Lipinski definition) is 2. The summed E-state index contributed by atoms with van der Waals surface area (Å²) >= 11 is 0. The molecule has 0 saturated carbocycles. The van der Waals surface area contributed by atoms with E-state index in [1.807, 2.05) is 24.1 Å². The van der Waals surface area contributed by atoms with Gasteiger partial charge < -0.3 is 5.32 Å². The largest absolute Gasteiger partial charge is 0.381 e. The minimum Gasteiger partial charge on any atom is -0.381 e. The number of rotatable bonds is 3. The molecule has 1 aromatic heterocycles. The van der Waals surface area contributed by atoms with Gasteiger partial charge in [-0.05, 0) is 19.1 Å². The molecule has 0 aliphatic heterocycles. The molecule has 3 nitrogen and oxygen atoms in total. The van der Waals surface area contributed by atoms with Gasteiger partial charge in [-0.2, -0.15) is 5.10 Å². The van der Waals surface area contributed by atoms with Crippen LogP contribution < -0.4 is 5.32 Å². The first-order valence-corrected chi connectivity index (χ1v) is 5.02. The fraction of sp³-hybridized carbons (Fsp3) is 0.250. The highest BCUT2D eigenvalue weighted by molar-refractivity contribution is 5.44. The minimum absolute atomic E-state index is 0.816. The van der Waals surface area contributed by atoms with Crippen molar-refractivity contribution < 1.29 is 0 Å². The molecule has 1 aromatic carbocycles. The monoisotopic (exact) mass is 201 g/mol. The van der Waals surface area contributed by atoms with E-state index < -0.39 is 0 Å². The molecule has 0 bridgehead atoms. The van der Waals surface area contributed by atoms with Crippen molar-refractivity contribution in [2.24, 2.45) is 7.05 Å². The molecular formula is C12H15N3. The van der Waals surface area contributed by atoms with Crippen LogP contribution in [0, 0.1) is 6.92 Å². The van der Waals surface area contributed by atoms with Crippen LogP contribution in [0.15, 0.2) is 36.7 Å². The molecule has 78 valence electrons. The zero-order chi connectivity index (χ0) is 10.7. The van der Waals surface area contributed by atoms with Crippen LogP contribution in [0.4, 0.5) is 5.69 Å². The summed E-state index contributed by atoms with van der Waals surface area (Å²) in [6.07, 6.45) is 3.89. The SMILES string of the molecule is Cc1ccc(NCc2cnn(C)c2)cc1. The highest BCUT2D eigenvalue weighted by Crippen LogP contribution is 2.10. The predicted molar refractivity (Wildman–Crippen MR) is 61.7 cm³/mol. The normalized spacial score (nSPS) is 10.3. The quantitative estimate of drug-likeness (QED) is 0.826. The van der Waals surface area contributed by atoms with Gasteiger partial charge in [-0.15, -0.1) is 0 Å². The van der Waals surface area contributed by atoms with E-state index in [-0.39, 0.29) is 0 Å². The number of nitrogens with one attached hydrogen (secondary N) is 1. The van der Waals surface area contributed by atoms with Gasteiger partial charge >= 0.3 is 0 Å². The van der Waals surface area contributed by atoms with Gasteiger partial charge in [0.1, 0.15) is 0 Å². The molecule has 2 aromatic rings. The van der Waals surface area contributed by atoms with Crippen LogP contribution in [-0.2, 0) is 13.6 Å². The predicted octanol–water partition coefficient (Wildman–Crippen LogP) is 2.34. The standard InChI is InChI=1S/C12H15N3/c1-10-3-5-12(6-4-10)13-7-11-8-14-15(2)9-11/h3-6,8-9,13H,7H2,1-2H3. The van der Waals surface area contributed by atoms with Crippen molar-refractivity contribution >= 4 is 5.69 Å². The molecule has 0 aliphatic rings. The van der Waals surface area contributed by atoms with Crippen LogP contribution in [0.25, 0.3) is 0 Å². The molecule has 0 fully saturated rings. The van der Waals surface area contributed by atoms with Crippen LogP contribution in [0.1, 0.15) is 11.1 Å². The van der Waals surface area contributed by atoms with Gasteiger partial charge in [0.15, 0.2) is 0 Å². The molecule has 2 rings (SSSR count). The minimum atomic E-state index is 0.816. The van der Waals surface area contributed by atoms with E-state index in [9.17, 15) is 0 Å². The van der Waals surface area contributed by atoms with Crippen molar-refractivity contribution in [3.63, 3.8) is 0 Å². The summed E-state index contributed by atoms with van der Waals surface area (Å²) in [7, 11) is 1.93. The number of aryl methyl sites for hydroxylation is 2. The van der Waals surface area contributed by atoms with Crippen LogP contribution >= 0.6 is 0 Å². The van der Waals surface area contributed by atoms with Gasteiger partial charge in [-0.1, -0.05) is 17.7 Å². The van der Waals surface area contributed by atoms with Gasteiger partial charge in [0.25, 0.3) is 0 Å². The van der Waals surface area contributed by atoms with Gasteiger partial charge in [-0.25, -0.2) is 0 Å². The lowest BCUT2D eigenvalue weighted by Gasteiger charge is -2.04. The lowest BCUT2D eigenvalue weighted by Crippen LogP contribution is -1.98. The van der Waals surface area contributed by atoms with Gasteiger partial charge in [0.2, 0.25) is 0 Å². The van der Waals surface area contributed by atoms with Crippen LogP contribution in [0.2, 0.25) is 0 Å². The summed E-state index contributed by atoms with van der Waals surface area (Å²) < 4.78 is 1.81. The Morgan fingerprint density at radius 3 is 2.60 bits per heavy atom. The van der Waals surface area contributed by atoms with Crippen LogP contribution in [0.5, 0.6) is 0 Å². The molecule has 1 heterocycles. The molecule has 0 aliphatic carbocycles. The lowest BCUT2D eigenvalue weighted by atomic mass is 10.2. The summed E-state index contributed by atoms with van der Waals surface area (Å²) in [5.41, 5.74) is 3.62. The van der Waals surface area contributed by atoms with Crippen molar-refractivity contribution in [1.82, 2.24) is 9.78 Å². The Bertz CT molecular complexity index is 428. The van der Waals surface area contributed by atoms with E-state index >= 15 is 0 Å². The zero-order valence-corrected chi connectivity index (χ0v) is 9.07. The summed E-state index contributed by atoms with van der Waals surface area (Å²) in [6.45, 7) is 2.90. The first kappa shape index (κ1) is 9.77.